The van der Waals surface area contributed by atoms with Crippen LogP contribution in [0, 0.1) is 11.8 Å². The van der Waals surface area contributed by atoms with Crippen molar-refractivity contribution in [2.75, 3.05) is 11.9 Å². The first-order valence-corrected chi connectivity index (χ1v) is 8.25. The van der Waals surface area contributed by atoms with Gasteiger partial charge in [0.15, 0.2) is 0 Å². The maximum atomic E-state index is 12.4. The number of benzene rings is 1. The topological polar surface area (TPSA) is 99.6 Å². The Morgan fingerprint density at radius 3 is 2.35 bits per heavy atom. The smallest absolute Gasteiger partial charge is 0.307 e. The first-order chi connectivity index (χ1) is 12.5. The van der Waals surface area contributed by atoms with Crippen molar-refractivity contribution in [2.45, 2.75) is 13.0 Å². The third-order valence-electron chi connectivity index (χ3n) is 4.47. The first kappa shape index (κ1) is 17.6. The Morgan fingerprint density at radius 2 is 1.77 bits per heavy atom. The van der Waals surface area contributed by atoms with Crippen LogP contribution >= 0.6 is 0 Å². The Kier molecular flexibility index (Phi) is 4.97. The van der Waals surface area contributed by atoms with E-state index in [0.29, 0.717) is 18.5 Å². The van der Waals surface area contributed by atoms with E-state index in [0.717, 1.165) is 11.3 Å². The number of carbonyl (C=O) groups excluding carboxylic acids is 2. The minimum Gasteiger partial charge on any atom is -0.481 e. The van der Waals surface area contributed by atoms with Gasteiger partial charge in [-0.3, -0.25) is 19.4 Å². The summed E-state index contributed by atoms with van der Waals surface area (Å²) < 4.78 is 0. The van der Waals surface area contributed by atoms with Crippen LogP contribution in [0.1, 0.15) is 22.3 Å². The van der Waals surface area contributed by atoms with Crippen LogP contribution in [-0.4, -0.2) is 34.9 Å². The molecule has 0 spiro atoms. The average Bonchev–Trinajstić information content (AvgIpc) is 3.47. The summed E-state index contributed by atoms with van der Waals surface area (Å²) in [5, 5.41) is 11.6. The van der Waals surface area contributed by atoms with E-state index in [1.165, 1.54) is 0 Å². The second-order valence-corrected chi connectivity index (χ2v) is 6.27. The number of aliphatic carboxylic acids is 1. The number of carboxylic acids is 1. The molecule has 1 aromatic carbocycles. The molecule has 2 N–H and O–H groups in total. The van der Waals surface area contributed by atoms with Gasteiger partial charge in [-0.1, -0.05) is 12.1 Å². The predicted molar refractivity (Wildman–Crippen MR) is 94.5 cm³/mol. The van der Waals surface area contributed by atoms with Gasteiger partial charge in [-0.15, -0.1) is 0 Å². The lowest BCUT2D eigenvalue weighted by atomic mass is 10.1. The zero-order valence-corrected chi connectivity index (χ0v) is 14.3. The standard InChI is InChI=1S/C19H19N3O4/c1-22(18(24)13-6-8-20-9-7-13)14-4-2-12(3-5-14)11-21-17(23)15-10-16(15)19(25)26/h2-9,15-16H,10-11H2,1H3,(H,21,23)(H,25,26). The first-order valence-electron chi connectivity index (χ1n) is 8.25. The van der Waals surface area contributed by atoms with Gasteiger partial charge < -0.3 is 15.3 Å². The van der Waals surface area contributed by atoms with Crippen molar-refractivity contribution in [2.24, 2.45) is 11.8 Å². The number of nitrogens with zero attached hydrogens (tertiary/aromatic N) is 2. The van der Waals surface area contributed by atoms with Gasteiger partial charge in [-0.2, -0.15) is 0 Å². The van der Waals surface area contributed by atoms with Crippen molar-refractivity contribution >= 4 is 23.5 Å². The quantitative estimate of drug-likeness (QED) is 0.823. The molecule has 0 aliphatic heterocycles. The van der Waals surface area contributed by atoms with Crippen molar-refractivity contribution in [1.82, 2.24) is 10.3 Å². The molecule has 1 aliphatic carbocycles. The number of carboxylic acid groups (broad SMARTS) is 1. The molecule has 2 aromatic rings. The zero-order valence-electron chi connectivity index (χ0n) is 14.3. The fourth-order valence-electron chi connectivity index (χ4n) is 2.72. The highest BCUT2D eigenvalue weighted by molar-refractivity contribution is 6.05. The molecule has 7 nitrogen and oxygen atoms in total. The van der Waals surface area contributed by atoms with E-state index in [1.807, 2.05) is 12.1 Å². The van der Waals surface area contributed by atoms with E-state index >= 15 is 0 Å². The van der Waals surface area contributed by atoms with Crippen LogP contribution in [0.2, 0.25) is 0 Å². The van der Waals surface area contributed by atoms with Gasteiger partial charge in [0, 0.05) is 37.2 Å². The molecule has 2 amide bonds. The summed E-state index contributed by atoms with van der Waals surface area (Å²) in [6, 6.07) is 10.6. The van der Waals surface area contributed by atoms with Crippen LogP contribution in [-0.2, 0) is 16.1 Å². The molecule has 134 valence electrons. The second kappa shape index (κ2) is 7.35. The van der Waals surface area contributed by atoms with E-state index in [9.17, 15) is 14.4 Å². The Bertz CT molecular complexity index is 820. The molecule has 0 bridgehead atoms. The fraction of sp³-hybridized carbons (Fsp3) is 0.263. The number of aromatic nitrogens is 1. The highest BCUT2D eigenvalue weighted by Gasteiger charge is 2.48. The number of nitrogens with one attached hydrogen (secondary N) is 1. The Labute approximate surface area is 150 Å². The van der Waals surface area contributed by atoms with Crippen molar-refractivity contribution in [3.8, 4) is 0 Å². The lowest BCUT2D eigenvalue weighted by Gasteiger charge is -2.17. The molecule has 1 aromatic heterocycles. The van der Waals surface area contributed by atoms with E-state index in [2.05, 4.69) is 10.3 Å². The monoisotopic (exact) mass is 353 g/mol. The second-order valence-electron chi connectivity index (χ2n) is 6.27. The number of pyridine rings is 1. The van der Waals surface area contributed by atoms with Gasteiger partial charge in [-0.25, -0.2) is 0 Å². The third kappa shape index (κ3) is 3.88. The molecule has 1 fully saturated rings. The van der Waals surface area contributed by atoms with Crippen molar-refractivity contribution in [1.29, 1.82) is 0 Å². The average molecular weight is 353 g/mol. The number of anilines is 1. The Hall–Kier alpha value is -3.22. The van der Waals surface area contributed by atoms with Crippen molar-refractivity contribution in [3.63, 3.8) is 0 Å². The zero-order chi connectivity index (χ0) is 18.7. The molecular formula is C19H19N3O4. The van der Waals surface area contributed by atoms with Crippen molar-refractivity contribution < 1.29 is 19.5 Å². The molecule has 1 saturated carbocycles. The molecular weight excluding hydrogens is 334 g/mol. The molecule has 2 atom stereocenters. The summed E-state index contributed by atoms with van der Waals surface area (Å²) in [5.41, 5.74) is 2.16. The molecule has 0 radical (unpaired) electrons. The minimum absolute atomic E-state index is 0.137. The van der Waals surface area contributed by atoms with Gasteiger partial charge in [0.05, 0.1) is 11.8 Å². The summed E-state index contributed by atoms with van der Waals surface area (Å²) in [6.07, 6.45) is 3.55. The van der Waals surface area contributed by atoms with Crippen LogP contribution in [0.3, 0.4) is 0 Å². The minimum atomic E-state index is -0.920. The maximum absolute atomic E-state index is 12.4. The summed E-state index contributed by atoms with van der Waals surface area (Å²) in [5.74, 6) is -2.26. The van der Waals surface area contributed by atoms with Gasteiger partial charge in [0.1, 0.15) is 0 Å². The number of rotatable bonds is 6. The molecule has 2 unspecified atom stereocenters. The van der Waals surface area contributed by atoms with E-state index in [1.54, 1.807) is 48.6 Å². The highest BCUT2D eigenvalue weighted by atomic mass is 16.4. The maximum Gasteiger partial charge on any atom is 0.307 e. The highest BCUT2D eigenvalue weighted by Crippen LogP contribution is 2.38. The van der Waals surface area contributed by atoms with Crippen LogP contribution in [0.15, 0.2) is 48.8 Å². The van der Waals surface area contributed by atoms with E-state index < -0.39 is 17.8 Å². The molecule has 7 heteroatoms. The summed E-state index contributed by atoms with van der Waals surface area (Å²) in [6.45, 7) is 0.323. The number of amides is 2. The van der Waals surface area contributed by atoms with Gasteiger partial charge in [0.2, 0.25) is 5.91 Å². The molecule has 0 saturated heterocycles. The fourth-order valence-corrected chi connectivity index (χ4v) is 2.72. The molecule has 1 aliphatic rings. The number of carbonyl (C=O) groups is 3. The Morgan fingerprint density at radius 1 is 1.12 bits per heavy atom. The van der Waals surface area contributed by atoms with Gasteiger partial charge in [0.25, 0.3) is 5.91 Å². The van der Waals surface area contributed by atoms with Gasteiger partial charge >= 0.3 is 5.97 Å². The van der Waals surface area contributed by atoms with Gasteiger partial charge in [-0.05, 0) is 36.2 Å². The lowest BCUT2D eigenvalue weighted by Crippen LogP contribution is -2.27. The SMILES string of the molecule is CN(C(=O)c1ccncc1)c1ccc(CNC(=O)C2CC2C(=O)O)cc1. The van der Waals surface area contributed by atoms with Crippen LogP contribution < -0.4 is 10.2 Å². The van der Waals surface area contributed by atoms with E-state index in [4.69, 9.17) is 5.11 Å². The normalized spacial score (nSPS) is 18.0. The summed E-state index contributed by atoms with van der Waals surface area (Å²) in [4.78, 5) is 40.5. The van der Waals surface area contributed by atoms with Crippen LogP contribution in [0.4, 0.5) is 5.69 Å². The number of hydrogen-bond donors (Lipinski definition) is 2. The van der Waals surface area contributed by atoms with Crippen molar-refractivity contribution in [3.05, 3.63) is 59.9 Å². The molecule has 1 heterocycles. The summed E-state index contributed by atoms with van der Waals surface area (Å²) in [7, 11) is 1.69. The number of hydrogen-bond acceptors (Lipinski definition) is 4. The van der Waals surface area contributed by atoms with Crippen LogP contribution in [0.5, 0.6) is 0 Å². The summed E-state index contributed by atoms with van der Waals surface area (Å²) >= 11 is 0. The molecule has 3 rings (SSSR count). The Balaban J connectivity index is 1.56. The van der Waals surface area contributed by atoms with E-state index in [-0.39, 0.29) is 11.8 Å². The molecule has 26 heavy (non-hydrogen) atoms. The lowest BCUT2D eigenvalue weighted by molar-refractivity contribution is -0.140. The third-order valence-corrected chi connectivity index (χ3v) is 4.47. The van der Waals surface area contributed by atoms with Crippen LogP contribution in [0.25, 0.3) is 0 Å². The largest absolute Gasteiger partial charge is 0.481 e. The predicted octanol–water partition coefficient (Wildman–Crippen LogP) is 1.70.